The molecule has 0 unspecified atom stereocenters. The maximum absolute atomic E-state index is 11.4. The SMILES string of the molecule is Nn1c([S-])nc2ccsc2c1=O.[Na+]. The molecule has 0 bridgehead atoms. The van der Waals surface area contributed by atoms with E-state index >= 15 is 0 Å². The molecule has 2 heterocycles. The van der Waals surface area contributed by atoms with Crippen molar-refractivity contribution in [2.45, 2.75) is 5.16 Å². The van der Waals surface area contributed by atoms with Gasteiger partial charge in [-0.2, -0.15) is 0 Å². The van der Waals surface area contributed by atoms with Crippen LogP contribution in [0.15, 0.2) is 21.4 Å². The zero-order valence-corrected chi connectivity index (χ0v) is 10.5. The van der Waals surface area contributed by atoms with Crippen LogP contribution in [0.4, 0.5) is 0 Å². The van der Waals surface area contributed by atoms with E-state index in [4.69, 9.17) is 18.5 Å². The Morgan fingerprint density at radius 2 is 2.31 bits per heavy atom. The Morgan fingerprint density at radius 1 is 1.62 bits per heavy atom. The van der Waals surface area contributed by atoms with Gasteiger partial charge in [0.25, 0.3) is 5.56 Å². The van der Waals surface area contributed by atoms with E-state index in [2.05, 4.69) is 4.98 Å². The molecule has 0 saturated heterocycles. The number of nitrogens with zero attached hydrogens (tertiary/aromatic N) is 2. The summed E-state index contributed by atoms with van der Waals surface area (Å²) in [5.74, 6) is 5.35. The Morgan fingerprint density at radius 3 is 3.00 bits per heavy atom. The van der Waals surface area contributed by atoms with Crippen LogP contribution >= 0.6 is 11.3 Å². The molecule has 0 radical (unpaired) electrons. The molecular weight excluding hydrogens is 217 g/mol. The van der Waals surface area contributed by atoms with Crippen molar-refractivity contribution in [3.63, 3.8) is 0 Å². The van der Waals surface area contributed by atoms with Crippen molar-refractivity contribution in [2.24, 2.45) is 0 Å². The third-order valence-electron chi connectivity index (χ3n) is 1.48. The summed E-state index contributed by atoms with van der Waals surface area (Å²) < 4.78 is 1.43. The van der Waals surface area contributed by atoms with Crippen LogP contribution in [0.2, 0.25) is 0 Å². The second kappa shape index (κ2) is 3.93. The number of aromatic nitrogens is 2. The molecule has 2 aromatic rings. The molecule has 2 aromatic heterocycles. The van der Waals surface area contributed by atoms with Crippen LogP contribution in [0.3, 0.4) is 0 Å². The van der Waals surface area contributed by atoms with Gasteiger partial charge >= 0.3 is 29.6 Å². The van der Waals surface area contributed by atoms with Crippen molar-refractivity contribution >= 4 is 34.2 Å². The van der Waals surface area contributed by atoms with E-state index in [1.54, 1.807) is 11.4 Å². The fourth-order valence-electron chi connectivity index (χ4n) is 0.904. The Balaban J connectivity index is 0.000000845. The molecule has 2 rings (SSSR count). The molecule has 62 valence electrons. The summed E-state index contributed by atoms with van der Waals surface area (Å²) in [6.45, 7) is 0. The molecular formula is C6H4N3NaOS2. The van der Waals surface area contributed by atoms with Gasteiger partial charge in [-0.05, 0) is 11.4 Å². The summed E-state index contributed by atoms with van der Waals surface area (Å²) in [6, 6.07) is 1.75. The average Bonchev–Trinajstić information content (AvgIpc) is 2.48. The summed E-state index contributed by atoms with van der Waals surface area (Å²) in [5.41, 5.74) is 0.344. The van der Waals surface area contributed by atoms with Gasteiger partial charge in [0.15, 0.2) is 0 Å². The fourth-order valence-corrected chi connectivity index (χ4v) is 1.85. The van der Waals surface area contributed by atoms with Gasteiger partial charge < -0.3 is 18.5 Å². The maximum Gasteiger partial charge on any atom is 1.00 e. The van der Waals surface area contributed by atoms with E-state index in [9.17, 15) is 4.79 Å². The first kappa shape index (κ1) is 10.9. The third-order valence-corrected chi connectivity index (χ3v) is 2.66. The fraction of sp³-hybridized carbons (Fsp3) is 0. The van der Waals surface area contributed by atoms with Gasteiger partial charge in [-0.25, -0.2) is 4.68 Å². The number of nitrogens with two attached hydrogens (primary N) is 1. The van der Waals surface area contributed by atoms with Crippen molar-refractivity contribution in [2.75, 3.05) is 5.84 Å². The second-order valence-electron chi connectivity index (χ2n) is 2.20. The first-order chi connectivity index (χ1) is 5.70. The summed E-state index contributed by atoms with van der Waals surface area (Å²) in [6.07, 6.45) is 0. The predicted molar refractivity (Wildman–Crippen MR) is 49.7 cm³/mol. The second-order valence-corrected chi connectivity index (χ2v) is 3.49. The normalized spacial score (nSPS) is 9.85. The number of hydrogen-bond donors (Lipinski definition) is 1. The molecule has 0 amide bonds. The monoisotopic (exact) mass is 221 g/mol. The minimum atomic E-state index is -0.278. The van der Waals surface area contributed by atoms with Crippen LogP contribution in [0.5, 0.6) is 0 Å². The zero-order valence-electron chi connectivity index (χ0n) is 6.85. The van der Waals surface area contributed by atoms with Gasteiger partial charge in [-0.1, -0.05) is 0 Å². The van der Waals surface area contributed by atoms with Crippen molar-refractivity contribution in [3.05, 3.63) is 21.8 Å². The zero-order chi connectivity index (χ0) is 8.72. The quantitative estimate of drug-likeness (QED) is 0.224. The van der Waals surface area contributed by atoms with Gasteiger partial charge in [0, 0.05) is 5.16 Å². The smallest absolute Gasteiger partial charge is 0.740 e. The van der Waals surface area contributed by atoms with Crippen molar-refractivity contribution in [1.29, 1.82) is 0 Å². The minimum Gasteiger partial charge on any atom is -0.740 e. The molecule has 0 aliphatic carbocycles. The summed E-state index contributed by atoms with van der Waals surface area (Å²) in [5, 5.41) is 1.90. The van der Waals surface area contributed by atoms with Crippen molar-refractivity contribution in [1.82, 2.24) is 9.66 Å². The first-order valence-electron chi connectivity index (χ1n) is 3.12. The van der Waals surface area contributed by atoms with Crippen LogP contribution in [0.1, 0.15) is 0 Å². The van der Waals surface area contributed by atoms with Gasteiger partial charge in [-0.15, -0.1) is 11.3 Å². The van der Waals surface area contributed by atoms with Crippen LogP contribution in [0.25, 0.3) is 10.2 Å². The van der Waals surface area contributed by atoms with Crippen LogP contribution in [-0.4, -0.2) is 9.66 Å². The predicted octanol–water partition coefficient (Wildman–Crippen LogP) is -2.92. The molecule has 0 atom stereocenters. The molecule has 2 N–H and O–H groups in total. The number of nitrogen functional groups attached to an aromatic ring is 1. The third kappa shape index (κ3) is 1.72. The summed E-state index contributed by atoms with van der Waals surface area (Å²) in [7, 11) is 0. The molecule has 13 heavy (non-hydrogen) atoms. The van der Waals surface area contributed by atoms with Crippen molar-refractivity contribution < 1.29 is 29.6 Å². The van der Waals surface area contributed by atoms with Crippen LogP contribution in [-0.2, 0) is 12.6 Å². The summed E-state index contributed by atoms with van der Waals surface area (Å²) in [4.78, 5) is 15.3. The Bertz CT molecular complexity index is 492. The van der Waals surface area contributed by atoms with E-state index in [-0.39, 0.29) is 40.3 Å². The van der Waals surface area contributed by atoms with E-state index in [0.29, 0.717) is 10.2 Å². The van der Waals surface area contributed by atoms with E-state index in [0.717, 1.165) is 4.68 Å². The van der Waals surface area contributed by atoms with Gasteiger partial charge in [-0.3, -0.25) is 9.78 Å². The first-order valence-corrected chi connectivity index (χ1v) is 4.41. The molecule has 0 aliphatic heterocycles. The largest absolute Gasteiger partial charge is 1.00 e. The minimum absolute atomic E-state index is 0. The molecule has 0 spiro atoms. The van der Waals surface area contributed by atoms with Gasteiger partial charge in [0.2, 0.25) is 0 Å². The molecule has 0 aromatic carbocycles. The van der Waals surface area contributed by atoms with Gasteiger partial charge in [0.1, 0.15) is 4.70 Å². The molecule has 0 fully saturated rings. The number of rotatable bonds is 0. The van der Waals surface area contributed by atoms with Crippen molar-refractivity contribution in [3.8, 4) is 0 Å². The van der Waals surface area contributed by atoms with E-state index in [1.165, 1.54) is 11.3 Å². The Labute approximate surface area is 105 Å². The molecule has 7 heteroatoms. The van der Waals surface area contributed by atoms with E-state index in [1.807, 2.05) is 0 Å². The van der Waals surface area contributed by atoms with E-state index < -0.39 is 0 Å². The average molecular weight is 221 g/mol. The molecule has 4 nitrogen and oxygen atoms in total. The Hall–Kier alpha value is -0.140. The number of thiophene rings is 1. The standard InChI is InChI=1S/C6H5N3OS2.Na/c7-9-5(10)4-3(1-2-12-4)8-6(9)11;/h1-2H,7H2,(H,8,11);/q;+1/p-1. The topological polar surface area (TPSA) is 60.9 Å². The number of hydrogen-bond acceptors (Lipinski definition) is 5. The summed E-state index contributed by atoms with van der Waals surface area (Å²) >= 11 is 6.08. The molecule has 0 aliphatic rings. The molecule has 0 saturated carbocycles. The Kier molecular flexibility index (Phi) is 3.31. The van der Waals surface area contributed by atoms with Crippen LogP contribution in [0, 0.1) is 0 Å². The van der Waals surface area contributed by atoms with Crippen LogP contribution < -0.4 is 41.0 Å². The van der Waals surface area contributed by atoms with Gasteiger partial charge in [0.05, 0.1) is 5.52 Å². The maximum atomic E-state index is 11.4. The number of fused-ring (bicyclic) bond motifs is 1.